The second kappa shape index (κ2) is 12.4. The van der Waals surface area contributed by atoms with Crippen molar-refractivity contribution < 1.29 is 28.7 Å². The Morgan fingerprint density at radius 3 is 2.46 bits per heavy atom. The molecule has 2 aliphatic heterocycles. The number of carbonyl (C=O) groups excluding carboxylic acids is 3. The van der Waals surface area contributed by atoms with Gasteiger partial charge in [0.2, 0.25) is 11.8 Å². The summed E-state index contributed by atoms with van der Waals surface area (Å²) in [6, 6.07) is 13.7. The van der Waals surface area contributed by atoms with E-state index in [0.29, 0.717) is 6.42 Å². The van der Waals surface area contributed by atoms with Crippen molar-refractivity contribution in [1.82, 2.24) is 25.1 Å². The summed E-state index contributed by atoms with van der Waals surface area (Å²) in [5, 5.41) is 15.0. The Bertz CT molecular complexity index is 1250. The van der Waals surface area contributed by atoms with Gasteiger partial charge in [-0.05, 0) is 36.1 Å². The molecule has 2 aromatic carbocycles. The van der Waals surface area contributed by atoms with E-state index in [4.69, 9.17) is 6.42 Å². The first-order valence-corrected chi connectivity index (χ1v) is 12.6. The highest BCUT2D eigenvalue weighted by atomic mass is 19.1. The molecule has 2 atom stereocenters. The quantitative estimate of drug-likeness (QED) is 0.473. The third-order valence-electron chi connectivity index (χ3n) is 6.81. The summed E-state index contributed by atoms with van der Waals surface area (Å²) in [6.45, 7) is 0.233. The number of nitrogens with zero attached hydrogens (tertiary/aromatic N) is 4. The van der Waals surface area contributed by atoms with E-state index in [-0.39, 0.29) is 51.4 Å². The molecule has 10 nitrogen and oxygen atoms in total. The van der Waals surface area contributed by atoms with Gasteiger partial charge in [0.15, 0.2) is 0 Å². The molecule has 2 fully saturated rings. The van der Waals surface area contributed by atoms with Crippen molar-refractivity contribution in [3.63, 3.8) is 0 Å². The fourth-order valence-corrected chi connectivity index (χ4v) is 4.95. The van der Waals surface area contributed by atoms with Crippen LogP contribution in [0.25, 0.3) is 0 Å². The molecule has 2 saturated heterocycles. The lowest BCUT2D eigenvalue weighted by Gasteiger charge is -2.54. The van der Waals surface area contributed by atoms with Gasteiger partial charge in [0.05, 0.1) is 19.6 Å². The zero-order valence-electron chi connectivity index (χ0n) is 21.3. The summed E-state index contributed by atoms with van der Waals surface area (Å²) in [5.41, 5.74) is 1.68. The van der Waals surface area contributed by atoms with Crippen LogP contribution in [0.5, 0.6) is 0 Å². The molecule has 2 N–H and O–H groups in total. The zero-order chi connectivity index (χ0) is 27.9. The third-order valence-corrected chi connectivity index (χ3v) is 6.81. The molecule has 11 heteroatoms. The second-order valence-corrected chi connectivity index (χ2v) is 9.41. The molecule has 0 aromatic heterocycles. The number of amides is 4. The Labute approximate surface area is 225 Å². The van der Waals surface area contributed by atoms with Gasteiger partial charge < -0.3 is 20.2 Å². The second-order valence-electron chi connectivity index (χ2n) is 9.41. The summed E-state index contributed by atoms with van der Waals surface area (Å²) < 4.78 is 13.3. The average Bonchev–Trinajstić information content (AvgIpc) is 2.92. The predicted molar refractivity (Wildman–Crippen MR) is 139 cm³/mol. The van der Waals surface area contributed by atoms with Gasteiger partial charge in [0.1, 0.15) is 18.0 Å². The summed E-state index contributed by atoms with van der Waals surface area (Å²) in [7, 11) is 0. The number of hydrogen-bond donors (Lipinski definition) is 2. The first kappa shape index (κ1) is 27.6. The van der Waals surface area contributed by atoms with Gasteiger partial charge in [-0.1, -0.05) is 48.4 Å². The van der Waals surface area contributed by atoms with Crippen molar-refractivity contribution in [2.75, 3.05) is 26.2 Å². The standard InChI is InChI=1S/C28H30FN5O5/c1-2-15-32-19-25(35)33-23(12-13-26(36)37)27(38)31(16-14-20-8-10-22(29)11-9-20)18-24(33)34(32)28(39)30-17-21-6-4-3-5-7-21/h1,3-11,23-24H,12-19H2,(H,30,39)(H,36,37)/t23-,24-/m0/s1. The molecule has 4 rings (SSSR count). The van der Waals surface area contributed by atoms with Crippen molar-refractivity contribution in [2.45, 2.75) is 38.0 Å². The predicted octanol–water partition coefficient (Wildman–Crippen LogP) is 1.67. The third kappa shape index (κ3) is 6.53. The minimum Gasteiger partial charge on any atom is -0.481 e. The van der Waals surface area contributed by atoms with Crippen LogP contribution in [0.4, 0.5) is 9.18 Å². The number of aliphatic carboxylic acids is 1. The van der Waals surface area contributed by atoms with Crippen LogP contribution in [-0.4, -0.2) is 87.1 Å². The zero-order valence-corrected chi connectivity index (χ0v) is 21.3. The molecule has 204 valence electrons. The smallest absolute Gasteiger partial charge is 0.334 e. The average molecular weight is 536 g/mol. The monoisotopic (exact) mass is 535 g/mol. The van der Waals surface area contributed by atoms with Gasteiger partial charge in [0, 0.05) is 19.5 Å². The van der Waals surface area contributed by atoms with Crippen LogP contribution in [0.1, 0.15) is 24.0 Å². The van der Waals surface area contributed by atoms with E-state index in [1.807, 2.05) is 30.3 Å². The van der Waals surface area contributed by atoms with Crippen LogP contribution >= 0.6 is 0 Å². The minimum absolute atomic E-state index is 0.00910. The first-order chi connectivity index (χ1) is 18.8. The van der Waals surface area contributed by atoms with Crippen molar-refractivity contribution >= 4 is 23.8 Å². The maximum Gasteiger partial charge on any atom is 0.334 e. The minimum atomic E-state index is -1.10. The van der Waals surface area contributed by atoms with Crippen LogP contribution in [0.2, 0.25) is 0 Å². The Morgan fingerprint density at radius 2 is 1.79 bits per heavy atom. The molecule has 2 aromatic rings. The normalized spacial score (nSPS) is 19.4. The van der Waals surface area contributed by atoms with Crippen molar-refractivity contribution in [1.29, 1.82) is 0 Å². The molecule has 2 heterocycles. The number of terminal acetylenes is 1. The highest BCUT2D eigenvalue weighted by Gasteiger charge is 2.51. The van der Waals surface area contributed by atoms with Crippen LogP contribution in [-0.2, 0) is 27.3 Å². The molecule has 0 spiro atoms. The number of hydrogen-bond acceptors (Lipinski definition) is 5. The Morgan fingerprint density at radius 1 is 1.08 bits per heavy atom. The number of halogens is 1. The van der Waals surface area contributed by atoms with Crippen LogP contribution in [0.3, 0.4) is 0 Å². The van der Waals surface area contributed by atoms with Crippen LogP contribution < -0.4 is 5.32 Å². The van der Waals surface area contributed by atoms with E-state index in [2.05, 4.69) is 11.2 Å². The van der Waals surface area contributed by atoms with E-state index >= 15 is 0 Å². The molecule has 0 aliphatic carbocycles. The Hall–Kier alpha value is -4.43. The van der Waals surface area contributed by atoms with E-state index < -0.39 is 36.0 Å². The number of carboxylic acids is 1. The van der Waals surface area contributed by atoms with E-state index in [9.17, 15) is 28.7 Å². The van der Waals surface area contributed by atoms with Crippen molar-refractivity contribution in [2.24, 2.45) is 0 Å². The molecule has 2 aliphatic rings. The van der Waals surface area contributed by atoms with E-state index in [1.54, 1.807) is 12.1 Å². The summed E-state index contributed by atoms with van der Waals surface area (Å²) in [6.07, 6.45) is 4.64. The largest absolute Gasteiger partial charge is 0.481 e. The lowest BCUT2D eigenvalue weighted by atomic mass is 10.0. The number of nitrogens with one attached hydrogen (secondary N) is 1. The van der Waals surface area contributed by atoms with Gasteiger partial charge >= 0.3 is 12.0 Å². The molecule has 0 bridgehead atoms. The van der Waals surface area contributed by atoms with Gasteiger partial charge in [0.25, 0.3) is 0 Å². The summed E-state index contributed by atoms with van der Waals surface area (Å²) in [4.78, 5) is 54.6. The number of carbonyl (C=O) groups is 4. The lowest BCUT2D eigenvalue weighted by molar-refractivity contribution is -0.189. The number of carboxylic acid groups (broad SMARTS) is 1. The highest BCUT2D eigenvalue weighted by Crippen LogP contribution is 2.28. The summed E-state index contributed by atoms with van der Waals surface area (Å²) in [5.74, 6) is 0.206. The molecule has 4 amide bonds. The lowest BCUT2D eigenvalue weighted by Crippen LogP contribution is -2.76. The number of rotatable bonds is 9. The van der Waals surface area contributed by atoms with Crippen LogP contribution in [0.15, 0.2) is 54.6 Å². The topological polar surface area (TPSA) is 114 Å². The Kier molecular flexibility index (Phi) is 8.78. The molecule has 0 saturated carbocycles. The molecular formula is C28H30FN5O5. The van der Waals surface area contributed by atoms with E-state index in [1.165, 1.54) is 32.0 Å². The molecule has 39 heavy (non-hydrogen) atoms. The fourth-order valence-electron chi connectivity index (χ4n) is 4.95. The van der Waals surface area contributed by atoms with E-state index in [0.717, 1.165) is 11.1 Å². The summed E-state index contributed by atoms with van der Waals surface area (Å²) >= 11 is 0. The van der Waals surface area contributed by atoms with Crippen molar-refractivity contribution in [3.8, 4) is 12.3 Å². The SMILES string of the molecule is C#CCN1CC(=O)N2[C@@H](CCC(=O)O)C(=O)N(CCc3ccc(F)cc3)C[C@@H]2N1C(=O)NCc1ccccc1. The molecule has 0 unspecified atom stereocenters. The number of fused-ring (bicyclic) bond motifs is 1. The molecule has 0 radical (unpaired) electrons. The van der Waals surface area contributed by atoms with Gasteiger partial charge in [-0.25, -0.2) is 14.2 Å². The maximum atomic E-state index is 13.5. The first-order valence-electron chi connectivity index (χ1n) is 12.6. The number of hydrazine groups is 1. The number of urea groups is 1. The van der Waals surface area contributed by atoms with Gasteiger partial charge in [-0.2, -0.15) is 5.01 Å². The molecular weight excluding hydrogens is 505 g/mol. The van der Waals surface area contributed by atoms with Gasteiger partial charge in [-0.3, -0.25) is 14.4 Å². The number of piperazine rings is 1. The highest BCUT2D eigenvalue weighted by molar-refractivity contribution is 5.91. The van der Waals surface area contributed by atoms with Crippen LogP contribution in [0, 0.1) is 18.2 Å². The number of benzene rings is 2. The Balaban J connectivity index is 1.61. The van der Waals surface area contributed by atoms with Gasteiger partial charge in [-0.15, -0.1) is 6.42 Å². The fraction of sp³-hybridized carbons (Fsp3) is 0.357. The maximum absolute atomic E-state index is 13.5. The van der Waals surface area contributed by atoms with Crippen molar-refractivity contribution in [3.05, 3.63) is 71.5 Å².